The Hall–Kier alpha value is -0.320. The molecule has 2 rings (SSSR count). The van der Waals surface area contributed by atoms with Gasteiger partial charge in [-0.05, 0) is 57.2 Å². The first-order valence-electron chi connectivity index (χ1n) is 7.41. The van der Waals surface area contributed by atoms with Gasteiger partial charge in [0.15, 0.2) is 0 Å². The SMILES string of the molecule is CC(=O)NCC1CCCN(CC2CCNCC2)C1.Cl. The molecular formula is C14H28ClN3O. The summed E-state index contributed by atoms with van der Waals surface area (Å²) in [6.45, 7) is 8.53. The van der Waals surface area contributed by atoms with Gasteiger partial charge in [-0.3, -0.25) is 4.79 Å². The second kappa shape index (κ2) is 8.77. The third kappa shape index (κ3) is 6.11. The maximum atomic E-state index is 11.0. The summed E-state index contributed by atoms with van der Waals surface area (Å²) in [6, 6.07) is 0. The quantitative estimate of drug-likeness (QED) is 0.819. The van der Waals surface area contributed by atoms with Crippen LogP contribution < -0.4 is 10.6 Å². The van der Waals surface area contributed by atoms with Crippen LogP contribution in [0.2, 0.25) is 0 Å². The van der Waals surface area contributed by atoms with Crippen LogP contribution in [-0.2, 0) is 4.79 Å². The molecule has 0 aromatic carbocycles. The van der Waals surface area contributed by atoms with E-state index in [1.165, 1.54) is 58.4 Å². The highest BCUT2D eigenvalue weighted by Crippen LogP contribution is 2.20. The van der Waals surface area contributed by atoms with Crippen molar-refractivity contribution in [2.75, 3.05) is 39.3 Å². The minimum absolute atomic E-state index is 0. The number of hydrogen-bond donors (Lipinski definition) is 2. The molecule has 5 heteroatoms. The highest BCUT2D eigenvalue weighted by molar-refractivity contribution is 5.85. The lowest BCUT2D eigenvalue weighted by Gasteiger charge is -2.36. The summed E-state index contributed by atoms with van der Waals surface area (Å²) in [6.07, 6.45) is 5.21. The minimum Gasteiger partial charge on any atom is -0.356 e. The van der Waals surface area contributed by atoms with Crippen molar-refractivity contribution in [2.24, 2.45) is 11.8 Å². The maximum absolute atomic E-state index is 11.0. The van der Waals surface area contributed by atoms with E-state index < -0.39 is 0 Å². The summed E-state index contributed by atoms with van der Waals surface area (Å²) in [4.78, 5) is 13.6. The van der Waals surface area contributed by atoms with Crippen LogP contribution in [0.15, 0.2) is 0 Å². The molecule has 19 heavy (non-hydrogen) atoms. The predicted molar refractivity (Wildman–Crippen MR) is 80.7 cm³/mol. The largest absolute Gasteiger partial charge is 0.356 e. The van der Waals surface area contributed by atoms with Gasteiger partial charge in [0.1, 0.15) is 0 Å². The first-order chi connectivity index (χ1) is 8.74. The maximum Gasteiger partial charge on any atom is 0.216 e. The Labute approximate surface area is 123 Å². The molecule has 112 valence electrons. The molecule has 2 aliphatic heterocycles. The topological polar surface area (TPSA) is 44.4 Å². The number of nitrogens with one attached hydrogen (secondary N) is 2. The van der Waals surface area contributed by atoms with Gasteiger partial charge in [-0.25, -0.2) is 0 Å². The number of amides is 1. The zero-order valence-corrected chi connectivity index (χ0v) is 12.8. The molecular weight excluding hydrogens is 262 g/mol. The second-order valence-electron chi connectivity index (χ2n) is 5.90. The van der Waals surface area contributed by atoms with Crippen molar-refractivity contribution in [3.05, 3.63) is 0 Å². The van der Waals surface area contributed by atoms with Crippen LogP contribution in [-0.4, -0.2) is 50.1 Å². The Kier molecular flexibility index (Phi) is 7.73. The van der Waals surface area contributed by atoms with Crippen molar-refractivity contribution in [2.45, 2.75) is 32.6 Å². The summed E-state index contributed by atoms with van der Waals surface area (Å²) in [7, 11) is 0. The number of carbonyl (C=O) groups excluding carboxylic acids is 1. The predicted octanol–water partition coefficient (Wildman–Crippen LogP) is 1.26. The van der Waals surface area contributed by atoms with Gasteiger partial charge in [0, 0.05) is 26.6 Å². The minimum atomic E-state index is 0. The van der Waals surface area contributed by atoms with Gasteiger partial charge >= 0.3 is 0 Å². The number of hydrogen-bond acceptors (Lipinski definition) is 3. The normalized spacial score (nSPS) is 25.6. The lowest BCUT2D eigenvalue weighted by atomic mass is 9.93. The van der Waals surface area contributed by atoms with Crippen LogP contribution in [0.1, 0.15) is 32.6 Å². The zero-order valence-electron chi connectivity index (χ0n) is 12.0. The zero-order chi connectivity index (χ0) is 12.8. The van der Waals surface area contributed by atoms with Gasteiger partial charge in [0.25, 0.3) is 0 Å². The third-order valence-electron chi connectivity index (χ3n) is 4.22. The van der Waals surface area contributed by atoms with Crippen LogP contribution in [0.4, 0.5) is 0 Å². The molecule has 2 heterocycles. The molecule has 2 fully saturated rings. The fourth-order valence-corrected chi connectivity index (χ4v) is 3.20. The monoisotopic (exact) mass is 289 g/mol. The van der Waals surface area contributed by atoms with Crippen molar-refractivity contribution in [1.82, 2.24) is 15.5 Å². The first kappa shape index (κ1) is 16.7. The second-order valence-corrected chi connectivity index (χ2v) is 5.90. The Bertz CT molecular complexity index is 269. The van der Waals surface area contributed by atoms with Gasteiger partial charge in [0.05, 0.1) is 0 Å². The molecule has 1 amide bonds. The van der Waals surface area contributed by atoms with E-state index in [-0.39, 0.29) is 18.3 Å². The van der Waals surface area contributed by atoms with Gasteiger partial charge in [-0.2, -0.15) is 0 Å². The molecule has 0 aromatic rings. The molecule has 1 atom stereocenters. The highest BCUT2D eigenvalue weighted by atomic mass is 35.5. The van der Waals surface area contributed by atoms with Crippen LogP contribution in [0.3, 0.4) is 0 Å². The summed E-state index contributed by atoms with van der Waals surface area (Å²) in [5.74, 6) is 1.64. The molecule has 0 spiro atoms. The Morgan fingerprint density at radius 3 is 2.68 bits per heavy atom. The molecule has 1 unspecified atom stereocenters. The summed E-state index contributed by atoms with van der Waals surface area (Å²) in [5.41, 5.74) is 0. The number of likely N-dealkylation sites (tertiary alicyclic amines) is 1. The lowest BCUT2D eigenvalue weighted by molar-refractivity contribution is -0.119. The van der Waals surface area contributed by atoms with Crippen molar-refractivity contribution < 1.29 is 4.79 Å². The van der Waals surface area contributed by atoms with Crippen molar-refractivity contribution in [3.63, 3.8) is 0 Å². The van der Waals surface area contributed by atoms with Gasteiger partial charge in [-0.1, -0.05) is 0 Å². The molecule has 0 radical (unpaired) electrons. The molecule has 0 bridgehead atoms. The molecule has 0 saturated carbocycles. The van der Waals surface area contributed by atoms with E-state index >= 15 is 0 Å². The highest BCUT2D eigenvalue weighted by Gasteiger charge is 2.23. The molecule has 4 nitrogen and oxygen atoms in total. The summed E-state index contributed by atoms with van der Waals surface area (Å²) >= 11 is 0. The van der Waals surface area contributed by atoms with Crippen molar-refractivity contribution in [3.8, 4) is 0 Å². The van der Waals surface area contributed by atoms with E-state index in [1.807, 2.05) is 0 Å². The average molecular weight is 290 g/mol. The Morgan fingerprint density at radius 2 is 2.00 bits per heavy atom. The van der Waals surface area contributed by atoms with E-state index in [9.17, 15) is 4.79 Å². The van der Waals surface area contributed by atoms with E-state index in [0.29, 0.717) is 5.92 Å². The number of piperidine rings is 2. The van der Waals surface area contributed by atoms with E-state index in [1.54, 1.807) is 6.92 Å². The van der Waals surface area contributed by atoms with Gasteiger partial charge < -0.3 is 15.5 Å². The Balaban J connectivity index is 0.00000180. The fourth-order valence-electron chi connectivity index (χ4n) is 3.20. The molecule has 0 aromatic heterocycles. The van der Waals surface area contributed by atoms with Crippen molar-refractivity contribution >= 4 is 18.3 Å². The van der Waals surface area contributed by atoms with Crippen LogP contribution >= 0.6 is 12.4 Å². The average Bonchev–Trinajstić information content (AvgIpc) is 2.38. The van der Waals surface area contributed by atoms with Crippen LogP contribution in [0.5, 0.6) is 0 Å². The smallest absolute Gasteiger partial charge is 0.216 e. The number of rotatable bonds is 4. The Morgan fingerprint density at radius 1 is 1.26 bits per heavy atom. The standard InChI is InChI=1S/C14H27N3O.ClH/c1-12(18)16-9-14-3-2-8-17(11-14)10-13-4-6-15-7-5-13;/h13-15H,2-11H2,1H3,(H,16,18);1H. The molecule has 2 saturated heterocycles. The number of carbonyl (C=O) groups is 1. The fraction of sp³-hybridized carbons (Fsp3) is 0.929. The van der Waals surface area contributed by atoms with Crippen LogP contribution in [0.25, 0.3) is 0 Å². The van der Waals surface area contributed by atoms with Crippen LogP contribution in [0, 0.1) is 11.8 Å². The third-order valence-corrected chi connectivity index (χ3v) is 4.22. The van der Waals surface area contributed by atoms with Gasteiger partial charge in [-0.15, -0.1) is 12.4 Å². The van der Waals surface area contributed by atoms with E-state index in [2.05, 4.69) is 15.5 Å². The lowest BCUT2D eigenvalue weighted by Crippen LogP contribution is -2.43. The number of nitrogens with zero attached hydrogens (tertiary/aromatic N) is 1. The summed E-state index contributed by atoms with van der Waals surface area (Å²) < 4.78 is 0. The molecule has 2 N–H and O–H groups in total. The van der Waals surface area contributed by atoms with Crippen molar-refractivity contribution in [1.29, 1.82) is 0 Å². The molecule has 0 aliphatic carbocycles. The van der Waals surface area contributed by atoms with E-state index in [4.69, 9.17) is 0 Å². The molecule has 2 aliphatic rings. The summed E-state index contributed by atoms with van der Waals surface area (Å²) in [5, 5.41) is 6.39. The number of halogens is 1. The van der Waals surface area contributed by atoms with Gasteiger partial charge in [0.2, 0.25) is 5.91 Å². The van der Waals surface area contributed by atoms with E-state index in [0.717, 1.165) is 12.5 Å². The first-order valence-corrected chi connectivity index (χ1v) is 7.41.